The number of nitrogens with one attached hydrogen (secondary N) is 2. The van der Waals surface area contributed by atoms with E-state index in [1.807, 2.05) is 30.3 Å². The second kappa shape index (κ2) is 7.24. The van der Waals surface area contributed by atoms with Crippen LogP contribution in [-0.4, -0.2) is 25.6 Å². The van der Waals surface area contributed by atoms with Crippen LogP contribution in [0.2, 0.25) is 0 Å². The molecule has 1 fully saturated rings. The highest BCUT2D eigenvalue weighted by Gasteiger charge is 2.27. The fourth-order valence-corrected chi connectivity index (χ4v) is 2.41. The van der Waals surface area contributed by atoms with Crippen LogP contribution >= 0.6 is 0 Å². The van der Waals surface area contributed by atoms with Gasteiger partial charge in [0.15, 0.2) is 11.6 Å². The van der Waals surface area contributed by atoms with Gasteiger partial charge in [0, 0.05) is 13.1 Å². The Morgan fingerprint density at radius 2 is 1.87 bits per heavy atom. The zero-order chi connectivity index (χ0) is 16.1. The number of ether oxygens (including phenoxy) is 1. The lowest BCUT2D eigenvalue weighted by Crippen LogP contribution is -2.51. The Balaban J connectivity index is 1.70. The number of carbonyl (C=O) groups is 1. The summed E-state index contributed by atoms with van der Waals surface area (Å²) in [7, 11) is 0. The maximum absolute atomic E-state index is 13.7. The minimum atomic E-state index is -0.408. The molecule has 2 aromatic rings. The van der Waals surface area contributed by atoms with Gasteiger partial charge in [0.05, 0.1) is 12.0 Å². The van der Waals surface area contributed by atoms with Crippen molar-refractivity contribution in [1.29, 1.82) is 0 Å². The number of rotatable bonds is 6. The molecule has 2 N–H and O–H groups in total. The van der Waals surface area contributed by atoms with Crippen molar-refractivity contribution in [2.24, 2.45) is 5.92 Å². The molecule has 0 bridgehead atoms. The van der Waals surface area contributed by atoms with Gasteiger partial charge in [-0.2, -0.15) is 0 Å². The molecule has 1 amide bonds. The van der Waals surface area contributed by atoms with Crippen LogP contribution in [0.3, 0.4) is 0 Å². The van der Waals surface area contributed by atoms with Crippen molar-refractivity contribution >= 4 is 5.91 Å². The van der Waals surface area contributed by atoms with Gasteiger partial charge < -0.3 is 15.4 Å². The van der Waals surface area contributed by atoms with Crippen LogP contribution in [0.4, 0.5) is 4.39 Å². The largest absolute Gasteiger partial charge is 0.488 e. The standard InChI is InChI=1S/C18H19FN2O2/c19-15-8-4-5-9-17(15)23-12-16(13-6-2-1-3-7-13)21-18(22)14-10-20-11-14/h1-9,14,16,20H,10-12H2,(H,21,22). The highest BCUT2D eigenvalue weighted by Crippen LogP contribution is 2.20. The maximum Gasteiger partial charge on any atom is 0.226 e. The first-order valence-corrected chi connectivity index (χ1v) is 7.67. The Hall–Kier alpha value is -2.40. The van der Waals surface area contributed by atoms with Crippen molar-refractivity contribution in [3.63, 3.8) is 0 Å². The Bertz CT molecular complexity index is 659. The fraction of sp³-hybridized carbons (Fsp3) is 0.278. The predicted octanol–water partition coefficient (Wildman–Crippen LogP) is 2.28. The minimum absolute atomic E-state index is 0.00487. The number of hydrogen-bond donors (Lipinski definition) is 2. The van der Waals surface area contributed by atoms with Crippen molar-refractivity contribution in [3.05, 3.63) is 66.0 Å². The highest BCUT2D eigenvalue weighted by atomic mass is 19.1. The summed E-state index contributed by atoms with van der Waals surface area (Å²) >= 11 is 0. The van der Waals surface area contributed by atoms with Gasteiger partial charge in [0.2, 0.25) is 5.91 Å². The van der Waals surface area contributed by atoms with Crippen LogP contribution < -0.4 is 15.4 Å². The molecule has 1 aliphatic heterocycles. The quantitative estimate of drug-likeness (QED) is 0.860. The van der Waals surface area contributed by atoms with Crippen LogP contribution in [0.15, 0.2) is 54.6 Å². The number of hydrogen-bond acceptors (Lipinski definition) is 3. The summed E-state index contributed by atoms with van der Waals surface area (Å²) in [5, 5.41) is 6.08. The van der Waals surface area contributed by atoms with Crippen molar-refractivity contribution in [1.82, 2.24) is 10.6 Å². The maximum atomic E-state index is 13.7. The summed E-state index contributed by atoms with van der Waals surface area (Å²) in [4.78, 5) is 12.2. The molecule has 2 aromatic carbocycles. The smallest absolute Gasteiger partial charge is 0.226 e. The molecule has 0 saturated carbocycles. The van der Waals surface area contributed by atoms with E-state index < -0.39 is 5.82 Å². The summed E-state index contributed by atoms with van der Waals surface area (Å²) in [6.45, 7) is 1.57. The van der Waals surface area contributed by atoms with E-state index >= 15 is 0 Å². The average Bonchev–Trinajstić information content (AvgIpc) is 2.52. The summed E-state index contributed by atoms with van der Waals surface area (Å²) < 4.78 is 19.3. The summed E-state index contributed by atoms with van der Waals surface area (Å²) in [5.74, 6) is -0.230. The Morgan fingerprint density at radius 3 is 2.52 bits per heavy atom. The molecule has 0 spiro atoms. The van der Waals surface area contributed by atoms with Crippen LogP contribution in [-0.2, 0) is 4.79 Å². The topological polar surface area (TPSA) is 50.4 Å². The Kier molecular flexibility index (Phi) is 4.88. The Morgan fingerprint density at radius 1 is 1.17 bits per heavy atom. The second-order valence-electron chi connectivity index (χ2n) is 5.57. The molecule has 4 nitrogen and oxygen atoms in total. The van der Waals surface area contributed by atoms with Gasteiger partial charge in [-0.1, -0.05) is 42.5 Å². The van der Waals surface area contributed by atoms with Crippen molar-refractivity contribution in [2.45, 2.75) is 6.04 Å². The first-order valence-electron chi connectivity index (χ1n) is 7.67. The number of para-hydroxylation sites is 1. The van der Waals surface area contributed by atoms with Crippen LogP contribution in [0, 0.1) is 11.7 Å². The summed E-state index contributed by atoms with van der Waals surface area (Å²) in [5.41, 5.74) is 0.935. The molecule has 1 unspecified atom stereocenters. The van der Waals surface area contributed by atoms with E-state index in [0.29, 0.717) is 13.1 Å². The number of benzene rings is 2. The van der Waals surface area contributed by atoms with Crippen LogP contribution in [0.25, 0.3) is 0 Å². The normalized spacial score (nSPS) is 15.5. The van der Waals surface area contributed by atoms with Gasteiger partial charge in [-0.3, -0.25) is 4.79 Å². The zero-order valence-corrected chi connectivity index (χ0v) is 12.7. The van der Waals surface area contributed by atoms with E-state index in [2.05, 4.69) is 10.6 Å². The first kappa shape index (κ1) is 15.5. The summed E-state index contributed by atoms with van der Waals surface area (Å²) in [6, 6.07) is 15.5. The van der Waals surface area contributed by atoms with Gasteiger partial charge in [0.1, 0.15) is 6.61 Å². The molecule has 3 rings (SSSR count). The van der Waals surface area contributed by atoms with Crippen LogP contribution in [0.1, 0.15) is 11.6 Å². The molecule has 120 valence electrons. The molecule has 0 radical (unpaired) electrons. The molecule has 1 atom stereocenters. The molecule has 1 heterocycles. The zero-order valence-electron chi connectivity index (χ0n) is 12.7. The van der Waals surface area contributed by atoms with Crippen LogP contribution in [0.5, 0.6) is 5.75 Å². The van der Waals surface area contributed by atoms with Crippen molar-refractivity contribution < 1.29 is 13.9 Å². The van der Waals surface area contributed by atoms with Gasteiger partial charge >= 0.3 is 0 Å². The van der Waals surface area contributed by atoms with E-state index in [1.54, 1.807) is 18.2 Å². The first-order chi connectivity index (χ1) is 11.2. The fourth-order valence-electron chi connectivity index (χ4n) is 2.41. The van der Waals surface area contributed by atoms with E-state index in [4.69, 9.17) is 4.74 Å². The lowest BCUT2D eigenvalue weighted by Gasteiger charge is -2.28. The molecule has 0 aromatic heterocycles. The minimum Gasteiger partial charge on any atom is -0.488 e. The van der Waals surface area contributed by atoms with E-state index in [1.165, 1.54) is 6.07 Å². The number of carbonyl (C=O) groups excluding carboxylic acids is 1. The third-order valence-corrected chi connectivity index (χ3v) is 3.91. The lowest BCUT2D eigenvalue weighted by atomic mass is 10.0. The molecular weight excluding hydrogens is 295 g/mol. The third kappa shape index (κ3) is 3.87. The van der Waals surface area contributed by atoms with Crippen molar-refractivity contribution in [2.75, 3.05) is 19.7 Å². The molecule has 23 heavy (non-hydrogen) atoms. The molecule has 1 saturated heterocycles. The predicted molar refractivity (Wildman–Crippen MR) is 85.6 cm³/mol. The van der Waals surface area contributed by atoms with Gasteiger partial charge in [-0.25, -0.2) is 4.39 Å². The van der Waals surface area contributed by atoms with E-state index in [9.17, 15) is 9.18 Å². The van der Waals surface area contributed by atoms with E-state index in [0.717, 1.165) is 5.56 Å². The molecule has 5 heteroatoms. The number of amides is 1. The van der Waals surface area contributed by atoms with Crippen molar-refractivity contribution in [3.8, 4) is 5.75 Å². The summed E-state index contributed by atoms with van der Waals surface area (Å²) in [6.07, 6.45) is 0. The molecular formula is C18H19FN2O2. The molecule has 1 aliphatic rings. The number of halogens is 1. The van der Waals surface area contributed by atoms with E-state index in [-0.39, 0.29) is 30.2 Å². The highest BCUT2D eigenvalue weighted by molar-refractivity contribution is 5.80. The van der Waals surface area contributed by atoms with Gasteiger partial charge in [-0.15, -0.1) is 0 Å². The lowest BCUT2D eigenvalue weighted by molar-refractivity contribution is -0.127. The van der Waals surface area contributed by atoms with Gasteiger partial charge in [0.25, 0.3) is 0 Å². The Labute approximate surface area is 134 Å². The monoisotopic (exact) mass is 314 g/mol. The molecule has 0 aliphatic carbocycles. The second-order valence-corrected chi connectivity index (χ2v) is 5.57. The SMILES string of the molecule is O=C(NC(COc1ccccc1F)c1ccccc1)C1CNC1. The van der Waals surface area contributed by atoms with Gasteiger partial charge in [-0.05, 0) is 17.7 Å². The third-order valence-electron chi connectivity index (χ3n) is 3.91. The average molecular weight is 314 g/mol.